The lowest BCUT2D eigenvalue weighted by Crippen LogP contribution is -2.07. The fourth-order valence-corrected chi connectivity index (χ4v) is 3.97. The SMILES string of the molecule is Cc1c(CC2C(C=C(Cl)C(F)(F)F)C2(C)C)cccc1-c1ccccc1. The van der Waals surface area contributed by atoms with E-state index in [4.69, 9.17) is 11.6 Å². The Hall–Kier alpha value is -1.74. The van der Waals surface area contributed by atoms with Crippen LogP contribution in [0.3, 0.4) is 0 Å². The molecule has 4 heteroatoms. The van der Waals surface area contributed by atoms with E-state index >= 15 is 0 Å². The van der Waals surface area contributed by atoms with Gasteiger partial charge >= 0.3 is 6.18 Å². The summed E-state index contributed by atoms with van der Waals surface area (Å²) in [4.78, 5) is 0. The number of alkyl halides is 3. The Morgan fingerprint density at radius 1 is 1.08 bits per heavy atom. The van der Waals surface area contributed by atoms with E-state index in [0.717, 1.165) is 12.0 Å². The molecule has 2 aromatic rings. The van der Waals surface area contributed by atoms with Crippen molar-refractivity contribution in [2.24, 2.45) is 17.3 Å². The summed E-state index contributed by atoms with van der Waals surface area (Å²) < 4.78 is 38.2. The molecule has 0 spiro atoms. The standard InChI is InChI=1S/C22H22ClF3/c1-14-16(10-7-11-17(14)15-8-5-4-6-9-15)12-18-19(21(18,2)3)13-20(23)22(24,25)26/h4-11,13,18-19H,12H2,1-3H3. The molecular formula is C22H22ClF3. The summed E-state index contributed by atoms with van der Waals surface area (Å²) in [6, 6.07) is 16.3. The summed E-state index contributed by atoms with van der Waals surface area (Å²) >= 11 is 5.46. The van der Waals surface area contributed by atoms with Crippen LogP contribution in [-0.2, 0) is 6.42 Å². The van der Waals surface area contributed by atoms with Gasteiger partial charge in [0.2, 0.25) is 0 Å². The van der Waals surface area contributed by atoms with Crippen LogP contribution in [0.1, 0.15) is 25.0 Å². The Kier molecular flexibility index (Phi) is 4.96. The Balaban J connectivity index is 1.84. The third kappa shape index (κ3) is 3.68. The van der Waals surface area contributed by atoms with E-state index in [0.29, 0.717) is 0 Å². The van der Waals surface area contributed by atoms with Crippen molar-refractivity contribution in [1.29, 1.82) is 0 Å². The van der Waals surface area contributed by atoms with Crippen molar-refractivity contribution < 1.29 is 13.2 Å². The number of halogens is 4. The van der Waals surface area contributed by atoms with E-state index in [1.807, 2.05) is 38.1 Å². The quantitative estimate of drug-likeness (QED) is 0.529. The molecule has 0 N–H and O–H groups in total. The van der Waals surface area contributed by atoms with Crippen molar-refractivity contribution in [3.8, 4) is 11.1 Å². The molecule has 0 heterocycles. The molecular weight excluding hydrogens is 357 g/mol. The summed E-state index contributed by atoms with van der Waals surface area (Å²) in [5, 5.41) is -1.01. The van der Waals surface area contributed by atoms with Crippen molar-refractivity contribution in [3.05, 3.63) is 70.8 Å². The minimum Gasteiger partial charge on any atom is -0.165 e. The Morgan fingerprint density at radius 3 is 2.35 bits per heavy atom. The van der Waals surface area contributed by atoms with Gasteiger partial charge < -0.3 is 0 Å². The molecule has 3 rings (SSSR count). The van der Waals surface area contributed by atoms with Gasteiger partial charge in [-0.3, -0.25) is 0 Å². The molecule has 0 amide bonds. The van der Waals surface area contributed by atoms with Crippen molar-refractivity contribution in [2.45, 2.75) is 33.4 Å². The van der Waals surface area contributed by atoms with Gasteiger partial charge in [-0.25, -0.2) is 0 Å². The highest BCUT2D eigenvalue weighted by Crippen LogP contribution is 2.61. The van der Waals surface area contributed by atoms with E-state index in [1.165, 1.54) is 22.8 Å². The number of benzene rings is 2. The van der Waals surface area contributed by atoms with Gasteiger partial charge in [-0.1, -0.05) is 80.1 Å². The predicted octanol–water partition coefficient (Wildman–Crippen LogP) is 7.16. The lowest BCUT2D eigenvalue weighted by atomic mass is 9.93. The van der Waals surface area contributed by atoms with E-state index in [2.05, 4.69) is 31.2 Å². The maximum Gasteiger partial charge on any atom is 0.426 e. The average Bonchev–Trinajstić information content (AvgIpc) is 3.08. The second kappa shape index (κ2) is 6.77. The largest absolute Gasteiger partial charge is 0.426 e. The molecule has 138 valence electrons. The first-order valence-electron chi connectivity index (χ1n) is 8.71. The lowest BCUT2D eigenvalue weighted by Gasteiger charge is -2.12. The topological polar surface area (TPSA) is 0 Å². The van der Waals surface area contributed by atoms with E-state index in [-0.39, 0.29) is 17.3 Å². The molecule has 1 aliphatic rings. The highest BCUT2D eigenvalue weighted by Gasteiger charge is 2.56. The van der Waals surface area contributed by atoms with Crippen LogP contribution in [0.15, 0.2) is 59.6 Å². The van der Waals surface area contributed by atoms with Gasteiger partial charge in [0, 0.05) is 0 Å². The zero-order valence-electron chi connectivity index (χ0n) is 15.1. The molecule has 1 fully saturated rings. The van der Waals surface area contributed by atoms with Crippen LogP contribution in [0.5, 0.6) is 0 Å². The molecule has 2 unspecified atom stereocenters. The van der Waals surface area contributed by atoms with E-state index in [1.54, 1.807) is 0 Å². The number of allylic oxidation sites excluding steroid dienone is 2. The normalized spacial score (nSPS) is 22.3. The zero-order chi connectivity index (χ0) is 19.1. The molecule has 0 bridgehead atoms. The minimum absolute atomic E-state index is 0.156. The van der Waals surface area contributed by atoms with E-state index in [9.17, 15) is 13.2 Å². The number of rotatable bonds is 4. The van der Waals surface area contributed by atoms with Crippen molar-refractivity contribution in [2.75, 3.05) is 0 Å². The van der Waals surface area contributed by atoms with Crippen molar-refractivity contribution in [3.63, 3.8) is 0 Å². The van der Waals surface area contributed by atoms with Crippen LogP contribution >= 0.6 is 11.6 Å². The van der Waals surface area contributed by atoms with Crippen LogP contribution in [-0.4, -0.2) is 6.18 Å². The molecule has 1 saturated carbocycles. The zero-order valence-corrected chi connectivity index (χ0v) is 15.8. The maximum absolute atomic E-state index is 12.7. The second-order valence-electron chi connectivity index (χ2n) is 7.63. The monoisotopic (exact) mass is 378 g/mol. The van der Waals surface area contributed by atoms with Crippen LogP contribution < -0.4 is 0 Å². The third-order valence-corrected chi connectivity index (χ3v) is 6.05. The van der Waals surface area contributed by atoms with Gasteiger partial charge in [-0.15, -0.1) is 0 Å². The highest BCUT2D eigenvalue weighted by atomic mass is 35.5. The number of hydrogen-bond donors (Lipinski definition) is 0. The van der Waals surface area contributed by atoms with Gasteiger partial charge in [0.15, 0.2) is 0 Å². The molecule has 2 aromatic carbocycles. The number of hydrogen-bond acceptors (Lipinski definition) is 0. The van der Waals surface area contributed by atoms with Gasteiger partial charge in [0.1, 0.15) is 5.03 Å². The lowest BCUT2D eigenvalue weighted by molar-refractivity contribution is -0.0848. The Morgan fingerprint density at radius 2 is 1.73 bits per heavy atom. The fraction of sp³-hybridized carbons (Fsp3) is 0.364. The molecule has 0 aliphatic heterocycles. The van der Waals surface area contributed by atoms with Crippen LogP contribution in [0.4, 0.5) is 13.2 Å². The molecule has 0 aromatic heterocycles. The van der Waals surface area contributed by atoms with Gasteiger partial charge in [-0.05, 0) is 52.8 Å². The Labute approximate surface area is 157 Å². The van der Waals surface area contributed by atoms with Crippen molar-refractivity contribution in [1.82, 2.24) is 0 Å². The van der Waals surface area contributed by atoms with Crippen molar-refractivity contribution >= 4 is 11.6 Å². The first kappa shape index (κ1) is 19.0. The average molecular weight is 379 g/mol. The fourth-order valence-electron chi connectivity index (χ4n) is 3.83. The van der Waals surface area contributed by atoms with Gasteiger partial charge in [0.25, 0.3) is 0 Å². The summed E-state index contributed by atoms with van der Waals surface area (Å²) in [6.07, 6.45) is -2.51. The summed E-state index contributed by atoms with van der Waals surface area (Å²) in [5.74, 6) is -0.000250. The molecule has 2 atom stereocenters. The maximum atomic E-state index is 12.7. The molecule has 0 nitrogen and oxygen atoms in total. The Bertz CT molecular complexity index is 819. The molecule has 1 aliphatic carbocycles. The highest BCUT2D eigenvalue weighted by molar-refractivity contribution is 6.30. The summed E-state index contributed by atoms with van der Waals surface area (Å²) in [5.41, 5.74) is 4.51. The molecule has 26 heavy (non-hydrogen) atoms. The van der Waals surface area contributed by atoms with Crippen LogP contribution in [0.25, 0.3) is 11.1 Å². The third-order valence-electron chi connectivity index (χ3n) is 5.71. The summed E-state index contributed by atoms with van der Waals surface area (Å²) in [7, 11) is 0. The van der Waals surface area contributed by atoms with Gasteiger partial charge in [0.05, 0.1) is 0 Å². The second-order valence-corrected chi connectivity index (χ2v) is 8.03. The smallest absolute Gasteiger partial charge is 0.165 e. The first-order chi connectivity index (χ1) is 12.1. The minimum atomic E-state index is -4.46. The van der Waals surface area contributed by atoms with Crippen LogP contribution in [0, 0.1) is 24.2 Å². The predicted molar refractivity (Wildman–Crippen MR) is 101 cm³/mol. The first-order valence-corrected chi connectivity index (χ1v) is 9.08. The van der Waals surface area contributed by atoms with E-state index < -0.39 is 11.2 Å². The van der Waals surface area contributed by atoms with Gasteiger partial charge in [-0.2, -0.15) is 13.2 Å². The summed E-state index contributed by atoms with van der Waals surface area (Å²) in [6.45, 7) is 6.10. The molecule has 0 radical (unpaired) electrons. The molecule has 0 saturated heterocycles. The van der Waals surface area contributed by atoms with Crippen LogP contribution in [0.2, 0.25) is 0 Å².